The molecule has 2 rings (SSSR count). The molecule has 0 atom stereocenters. The maximum absolute atomic E-state index is 2.39. The van der Waals surface area contributed by atoms with E-state index in [-0.39, 0.29) is 0 Å². The third-order valence-electron chi connectivity index (χ3n) is 4.61. The monoisotopic (exact) mass is 358 g/mol. The number of benzene rings is 2. The van der Waals surface area contributed by atoms with Gasteiger partial charge in [0.05, 0.1) is 0 Å². The summed E-state index contributed by atoms with van der Waals surface area (Å²) in [6, 6.07) is 9.50. The highest BCUT2D eigenvalue weighted by molar-refractivity contribution is 8.76. The summed E-state index contributed by atoms with van der Waals surface area (Å²) in [5.74, 6) is 0. The highest BCUT2D eigenvalue weighted by Crippen LogP contribution is 2.44. The van der Waals surface area contributed by atoms with Crippen LogP contribution < -0.4 is 0 Å². The second-order valence-electron chi connectivity index (χ2n) is 6.38. The van der Waals surface area contributed by atoms with Crippen LogP contribution in [-0.4, -0.2) is 0 Å². The second kappa shape index (κ2) is 9.01. The van der Waals surface area contributed by atoms with Crippen LogP contribution in [0.25, 0.3) is 0 Å². The van der Waals surface area contributed by atoms with E-state index in [1.165, 1.54) is 43.2 Å². The second-order valence-corrected chi connectivity index (χ2v) is 8.53. The van der Waals surface area contributed by atoms with E-state index in [0.29, 0.717) is 0 Å². The molecule has 0 amide bonds. The van der Waals surface area contributed by atoms with Crippen molar-refractivity contribution in [2.24, 2.45) is 0 Å². The van der Waals surface area contributed by atoms with E-state index in [2.05, 4.69) is 65.8 Å². The quantitative estimate of drug-likeness (QED) is 0.474. The maximum atomic E-state index is 2.39. The van der Waals surface area contributed by atoms with Crippen LogP contribution in [-0.2, 0) is 25.7 Å². The standard InChI is InChI=1S/C22H30S2/c1-7-17-11-15(5)21(19(9-3)13-17)23-24-22-16(6)12-18(8-2)14-20(22)10-4/h11-14H,7-10H2,1-6H3. The zero-order valence-electron chi connectivity index (χ0n) is 16.0. The zero-order chi connectivity index (χ0) is 17.7. The van der Waals surface area contributed by atoms with Crippen molar-refractivity contribution < 1.29 is 0 Å². The Balaban J connectivity index is 2.32. The van der Waals surface area contributed by atoms with Crippen molar-refractivity contribution in [3.8, 4) is 0 Å². The van der Waals surface area contributed by atoms with E-state index in [0.717, 1.165) is 25.7 Å². The van der Waals surface area contributed by atoms with Crippen LogP contribution in [0.5, 0.6) is 0 Å². The van der Waals surface area contributed by atoms with Crippen molar-refractivity contribution in [3.05, 3.63) is 57.6 Å². The lowest BCUT2D eigenvalue weighted by Gasteiger charge is -2.16. The highest BCUT2D eigenvalue weighted by atomic mass is 33.1. The molecule has 0 heterocycles. The Morgan fingerprint density at radius 3 is 1.25 bits per heavy atom. The zero-order valence-corrected chi connectivity index (χ0v) is 17.6. The van der Waals surface area contributed by atoms with Crippen molar-refractivity contribution in [1.82, 2.24) is 0 Å². The van der Waals surface area contributed by atoms with Crippen LogP contribution in [0.2, 0.25) is 0 Å². The van der Waals surface area contributed by atoms with Crippen molar-refractivity contribution in [2.45, 2.75) is 77.0 Å². The first-order valence-corrected chi connectivity index (χ1v) is 11.3. The number of rotatable bonds is 7. The largest absolute Gasteiger partial charge is 0.0613 e. The molecule has 0 saturated carbocycles. The normalized spacial score (nSPS) is 11.1. The van der Waals surface area contributed by atoms with Crippen LogP contribution in [0.15, 0.2) is 34.1 Å². The van der Waals surface area contributed by atoms with Gasteiger partial charge in [-0.25, -0.2) is 0 Å². The number of aryl methyl sites for hydroxylation is 6. The molecule has 0 fully saturated rings. The minimum absolute atomic E-state index is 1.10. The van der Waals surface area contributed by atoms with Gasteiger partial charge in [0.25, 0.3) is 0 Å². The summed E-state index contributed by atoms with van der Waals surface area (Å²) < 4.78 is 0. The summed E-state index contributed by atoms with van der Waals surface area (Å²) >= 11 is 0. The Labute approximate surface area is 156 Å². The average molecular weight is 359 g/mol. The molecule has 2 aromatic carbocycles. The SMILES string of the molecule is CCc1cc(C)c(SSc2c(C)cc(CC)cc2CC)c(CC)c1. The molecule has 0 aliphatic carbocycles. The molecule has 24 heavy (non-hydrogen) atoms. The van der Waals surface area contributed by atoms with Gasteiger partial charge in [0.1, 0.15) is 0 Å². The Hall–Kier alpha value is -0.860. The fourth-order valence-electron chi connectivity index (χ4n) is 3.11. The van der Waals surface area contributed by atoms with Gasteiger partial charge in [0, 0.05) is 9.79 Å². The summed E-state index contributed by atoms with van der Waals surface area (Å²) in [6.07, 6.45) is 4.44. The van der Waals surface area contributed by atoms with Gasteiger partial charge in [-0.1, -0.05) is 73.5 Å². The van der Waals surface area contributed by atoms with Gasteiger partial charge in [-0.15, -0.1) is 0 Å². The lowest BCUT2D eigenvalue weighted by Crippen LogP contribution is -1.94. The van der Waals surface area contributed by atoms with Crippen molar-refractivity contribution in [3.63, 3.8) is 0 Å². The van der Waals surface area contributed by atoms with E-state index < -0.39 is 0 Å². The first-order chi connectivity index (χ1) is 11.5. The van der Waals surface area contributed by atoms with Gasteiger partial charge in [-0.2, -0.15) is 0 Å². The molecular formula is C22H30S2. The van der Waals surface area contributed by atoms with Gasteiger partial charge in [-0.05, 0) is 72.9 Å². The van der Waals surface area contributed by atoms with E-state index >= 15 is 0 Å². The molecule has 2 heteroatoms. The Bertz CT molecular complexity index is 640. The third-order valence-corrected chi connectivity index (χ3v) is 7.44. The molecule has 0 radical (unpaired) electrons. The van der Waals surface area contributed by atoms with Crippen LogP contribution in [0.1, 0.15) is 61.1 Å². The Morgan fingerprint density at radius 2 is 0.958 bits per heavy atom. The minimum atomic E-state index is 1.10. The first kappa shape index (κ1) is 19.5. The average Bonchev–Trinajstić information content (AvgIpc) is 2.60. The van der Waals surface area contributed by atoms with Crippen LogP contribution in [0.3, 0.4) is 0 Å². The smallest absolute Gasteiger partial charge is 0.0247 e. The number of hydrogen-bond acceptors (Lipinski definition) is 2. The van der Waals surface area contributed by atoms with Gasteiger partial charge >= 0.3 is 0 Å². The maximum Gasteiger partial charge on any atom is 0.0247 e. The molecule has 0 N–H and O–H groups in total. The number of hydrogen-bond donors (Lipinski definition) is 0. The lowest BCUT2D eigenvalue weighted by molar-refractivity contribution is 1.02. The summed E-state index contributed by atoms with van der Waals surface area (Å²) in [5.41, 5.74) is 8.73. The third kappa shape index (κ3) is 4.40. The van der Waals surface area contributed by atoms with Crippen molar-refractivity contribution in [1.29, 1.82) is 0 Å². The van der Waals surface area contributed by atoms with Crippen molar-refractivity contribution >= 4 is 21.6 Å². The fourth-order valence-corrected chi connectivity index (χ4v) is 6.21. The van der Waals surface area contributed by atoms with E-state index in [4.69, 9.17) is 0 Å². The summed E-state index contributed by atoms with van der Waals surface area (Å²) in [4.78, 5) is 2.92. The van der Waals surface area contributed by atoms with Crippen LogP contribution >= 0.6 is 21.6 Å². The molecule has 0 aliphatic rings. The summed E-state index contributed by atoms with van der Waals surface area (Å²) in [7, 11) is 3.89. The first-order valence-electron chi connectivity index (χ1n) is 9.13. The van der Waals surface area contributed by atoms with Gasteiger partial charge in [0.2, 0.25) is 0 Å². The van der Waals surface area contributed by atoms with E-state index in [1.807, 2.05) is 21.6 Å². The summed E-state index contributed by atoms with van der Waals surface area (Å²) in [5, 5.41) is 0. The topological polar surface area (TPSA) is 0 Å². The molecule has 0 nitrogen and oxygen atoms in total. The van der Waals surface area contributed by atoms with Crippen LogP contribution in [0, 0.1) is 13.8 Å². The molecule has 130 valence electrons. The lowest BCUT2D eigenvalue weighted by atomic mass is 10.0. The van der Waals surface area contributed by atoms with Gasteiger partial charge < -0.3 is 0 Å². The molecule has 0 aromatic heterocycles. The molecule has 0 unspecified atom stereocenters. The predicted octanol–water partition coefficient (Wildman–Crippen LogP) is 7.35. The molecule has 2 aromatic rings. The molecule has 0 aliphatic heterocycles. The fraction of sp³-hybridized carbons (Fsp3) is 0.455. The molecular weight excluding hydrogens is 328 g/mol. The molecule has 0 saturated heterocycles. The molecule has 0 spiro atoms. The Kier molecular flexibility index (Phi) is 7.31. The molecule has 0 bridgehead atoms. The van der Waals surface area contributed by atoms with E-state index in [1.54, 1.807) is 0 Å². The van der Waals surface area contributed by atoms with E-state index in [9.17, 15) is 0 Å². The summed E-state index contributed by atoms with van der Waals surface area (Å²) in [6.45, 7) is 13.5. The Morgan fingerprint density at radius 1 is 0.583 bits per heavy atom. The van der Waals surface area contributed by atoms with Crippen molar-refractivity contribution in [2.75, 3.05) is 0 Å². The van der Waals surface area contributed by atoms with Gasteiger partial charge in [0.15, 0.2) is 0 Å². The van der Waals surface area contributed by atoms with Gasteiger partial charge in [-0.3, -0.25) is 0 Å². The van der Waals surface area contributed by atoms with Crippen LogP contribution in [0.4, 0.5) is 0 Å². The minimum Gasteiger partial charge on any atom is -0.0613 e. The highest BCUT2D eigenvalue weighted by Gasteiger charge is 2.12. The predicted molar refractivity (Wildman–Crippen MR) is 112 cm³/mol.